The van der Waals surface area contributed by atoms with Crippen molar-refractivity contribution in [1.29, 1.82) is 0 Å². The predicted molar refractivity (Wildman–Crippen MR) is 96.1 cm³/mol. The predicted octanol–water partition coefficient (Wildman–Crippen LogP) is 4.09. The van der Waals surface area contributed by atoms with Crippen molar-refractivity contribution >= 4 is 23.2 Å². The molecule has 1 amide bonds. The van der Waals surface area contributed by atoms with Gasteiger partial charge in [-0.1, -0.05) is 49.2 Å². The Balaban J connectivity index is 1.93. The zero-order valence-corrected chi connectivity index (χ0v) is 14.9. The fourth-order valence-corrected chi connectivity index (χ4v) is 2.83. The second kappa shape index (κ2) is 9.23. The van der Waals surface area contributed by atoms with Crippen molar-refractivity contribution < 1.29 is 14.3 Å². The van der Waals surface area contributed by atoms with Crippen molar-refractivity contribution in [2.45, 2.75) is 45.8 Å². The van der Waals surface area contributed by atoms with Gasteiger partial charge in [0.05, 0.1) is 0 Å². The number of benzene rings is 1. The van der Waals surface area contributed by atoms with Gasteiger partial charge in [0.25, 0.3) is 5.91 Å². The first kappa shape index (κ1) is 18.2. The SMILES string of the molecule is CCCCC(OC(=O)c1cccs1)C(=O)NCc1ccc(C)cc1. The molecule has 1 unspecified atom stereocenters. The molecule has 0 aliphatic rings. The van der Waals surface area contributed by atoms with E-state index in [2.05, 4.69) is 5.32 Å². The number of carbonyl (C=O) groups is 2. The van der Waals surface area contributed by atoms with Gasteiger partial charge in [-0.2, -0.15) is 0 Å². The minimum atomic E-state index is -0.745. The van der Waals surface area contributed by atoms with Gasteiger partial charge in [0.1, 0.15) is 4.88 Å². The molecule has 1 N–H and O–H groups in total. The van der Waals surface area contributed by atoms with Crippen molar-refractivity contribution in [2.75, 3.05) is 0 Å². The number of hydrogen-bond donors (Lipinski definition) is 1. The molecule has 1 aromatic carbocycles. The van der Waals surface area contributed by atoms with Crippen molar-refractivity contribution in [3.63, 3.8) is 0 Å². The quantitative estimate of drug-likeness (QED) is 0.733. The first-order valence-electron chi connectivity index (χ1n) is 8.18. The van der Waals surface area contributed by atoms with Gasteiger partial charge >= 0.3 is 5.97 Å². The minimum Gasteiger partial charge on any atom is -0.448 e. The fourth-order valence-electron chi connectivity index (χ4n) is 2.22. The molecule has 0 bridgehead atoms. The summed E-state index contributed by atoms with van der Waals surface area (Å²) in [6.07, 6.45) is 1.57. The van der Waals surface area contributed by atoms with E-state index in [4.69, 9.17) is 4.74 Å². The van der Waals surface area contributed by atoms with E-state index in [9.17, 15) is 9.59 Å². The molecule has 0 fully saturated rings. The van der Waals surface area contributed by atoms with Crippen molar-refractivity contribution in [3.05, 3.63) is 57.8 Å². The molecule has 4 nitrogen and oxygen atoms in total. The van der Waals surface area contributed by atoms with Gasteiger partial charge in [-0.15, -0.1) is 11.3 Å². The summed E-state index contributed by atoms with van der Waals surface area (Å²) in [7, 11) is 0. The van der Waals surface area contributed by atoms with Crippen LogP contribution in [0.25, 0.3) is 0 Å². The van der Waals surface area contributed by atoms with E-state index < -0.39 is 12.1 Å². The molecule has 1 atom stereocenters. The van der Waals surface area contributed by atoms with Crippen LogP contribution in [0, 0.1) is 6.92 Å². The molecule has 1 heterocycles. The Bertz CT molecular complexity index is 650. The van der Waals surface area contributed by atoms with Crippen molar-refractivity contribution in [2.24, 2.45) is 0 Å². The van der Waals surface area contributed by atoms with Gasteiger partial charge < -0.3 is 10.1 Å². The largest absolute Gasteiger partial charge is 0.448 e. The van der Waals surface area contributed by atoms with Gasteiger partial charge in [-0.3, -0.25) is 4.79 Å². The highest BCUT2D eigenvalue weighted by molar-refractivity contribution is 7.11. The van der Waals surface area contributed by atoms with Crippen LogP contribution in [0.2, 0.25) is 0 Å². The maximum atomic E-state index is 12.4. The third kappa shape index (κ3) is 5.49. The molecular weight excluding hydrogens is 322 g/mol. The van der Waals surface area contributed by atoms with Crippen LogP contribution in [0.1, 0.15) is 47.0 Å². The molecule has 5 heteroatoms. The summed E-state index contributed by atoms with van der Waals surface area (Å²) in [4.78, 5) is 25.0. The molecule has 0 radical (unpaired) electrons. The number of unbranched alkanes of at least 4 members (excludes halogenated alkanes) is 1. The number of aryl methyl sites for hydroxylation is 1. The first-order valence-corrected chi connectivity index (χ1v) is 9.06. The third-order valence-corrected chi connectivity index (χ3v) is 4.52. The molecule has 2 rings (SSSR count). The second-order valence-electron chi connectivity index (χ2n) is 5.72. The normalized spacial score (nSPS) is 11.8. The van der Waals surface area contributed by atoms with Gasteiger partial charge in [0, 0.05) is 6.54 Å². The molecule has 0 saturated carbocycles. The first-order chi connectivity index (χ1) is 11.6. The Hall–Kier alpha value is -2.14. The van der Waals surface area contributed by atoms with E-state index in [1.165, 1.54) is 16.9 Å². The maximum Gasteiger partial charge on any atom is 0.349 e. The number of thiophene rings is 1. The summed E-state index contributed by atoms with van der Waals surface area (Å²) < 4.78 is 5.43. The summed E-state index contributed by atoms with van der Waals surface area (Å²) >= 11 is 1.31. The van der Waals surface area contributed by atoms with Crippen LogP contribution >= 0.6 is 11.3 Å². The fraction of sp³-hybridized carbons (Fsp3) is 0.368. The molecule has 0 spiro atoms. The van der Waals surface area contributed by atoms with Crippen LogP contribution < -0.4 is 5.32 Å². The number of rotatable bonds is 8. The monoisotopic (exact) mass is 345 g/mol. The van der Waals surface area contributed by atoms with Crippen molar-refractivity contribution in [3.8, 4) is 0 Å². The second-order valence-corrected chi connectivity index (χ2v) is 6.66. The van der Waals surface area contributed by atoms with E-state index in [0.29, 0.717) is 17.8 Å². The molecule has 1 aromatic heterocycles. The lowest BCUT2D eigenvalue weighted by molar-refractivity contribution is -0.130. The Morgan fingerprint density at radius 2 is 1.96 bits per heavy atom. The van der Waals surface area contributed by atoms with Crippen LogP contribution in [0.5, 0.6) is 0 Å². The standard InChI is InChI=1S/C19H23NO3S/c1-3-4-6-16(23-19(22)17-7-5-12-24-17)18(21)20-13-15-10-8-14(2)9-11-15/h5,7-12,16H,3-4,6,13H2,1-2H3,(H,20,21). The van der Waals surface area contributed by atoms with Gasteiger partial charge in [0.2, 0.25) is 0 Å². The molecule has 0 aliphatic heterocycles. The molecule has 2 aromatic rings. The highest BCUT2D eigenvalue weighted by Crippen LogP contribution is 2.14. The van der Waals surface area contributed by atoms with E-state index in [-0.39, 0.29) is 5.91 Å². The highest BCUT2D eigenvalue weighted by atomic mass is 32.1. The smallest absolute Gasteiger partial charge is 0.349 e. The van der Waals surface area contributed by atoms with E-state index in [0.717, 1.165) is 18.4 Å². The zero-order valence-electron chi connectivity index (χ0n) is 14.1. The molecule has 128 valence electrons. The minimum absolute atomic E-state index is 0.242. The van der Waals surface area contributed by atoms with E-state index in [1.807, 2.05) is 43.5 Å². The molecule has 0 saturated heterocycles. The van der Waals surface area contributed by atoms with Crippen LogP contribution in [0.4, 0.5) is 0 Å². The summed E-state index contributed by atoms with van der Waals surface area (Å²) in [5.74, 6) is -0.675. The number of carbonyl (C=O) groups excluding carboxylic acids is 2. The van der Waals surface area contributed by atoms with Crippen LogP contribution in [-0.4, -0.2) is 18.0 Å². The Morgan fingerprint density at radius 1 is 1.21 bits per heavy atom. The highest BCUT2D eigenvalue weighted by Gasteiger charge is 2.23. The average Bonchev–Trinajstić information content (AvgIpc) is 3.12. The maximum absolute atomic E-state index is 12.4. The number of nitrogens with one attached hydrogen (secondary N) is 1. The summed E-state index contributed by atoms with van der Waals surface area (Å²) in [6, 6.07) is 11.5. The van der Waals surface area contributed by atoms with Gasteiger partial charge in [0.15, 0.2) is 6.10 Å². The third-order valence-electron chi connectivity index (χ3n) is 3.67. The van der Waals surface area contributed by atoms with Gasteiger partial charge in [-0.25, -0.2) is 4.79 Å². The van der Waals surface area contributed by atoms with E-state index >= 15 is 0 Å². The molecule has 0 aliphatic carbocycles. The summed E-state index contributed by atoms with van der Waals surface area (Å²) in [5, 5.41) is 4.68. The van der Waals surface area contributed by atoms with Crippen LogP contribution in [0.15, 0.2) is 41.8 Å². The lowest BCUT2D eigenvalue weighted by atomic mass is 10.1. The zero-order chi connectivity index (χ0) is 17.4. The van der Waals surface area contributed by atoms with E-state index in [1.54, 1.807) is 12.1 Å². The average molecular weight is 345 g/mol. The van der Waals surface area contributed by atoms with Gasteiger partial charge in [-0.05, 0) is 36.8 Å². The Morgan fingerprint density at radius 3 is 2.58 bits per heavy atom. The number of amides is 1. The number of hydrogen-bond acceptors (Lipinski definition) is 4. The Kier molecular flexibility index (Phi) is 7.00. The number of esters is 1. The topological polar surface area (TPSA) is 55.4 Å². The van der Waals surface area contributed by atoms with Crippen LogP contribution in [0.3, 0.4) is 0 Å². The lowest BCUT2D eigenvalue weighted by Crippen LogP contribution is -2.37. The summed E-state index contributed by atoms with van der Waals surface area (Å²) in [6.45, 7) is 4.49. The number of ether oxygens (including phenoxy) is 1. The summed E-state index contributed by atoms with van der Waals surface area (Å²) in [5.41, 5.74) is 2.20. The van der Waals surface area contributed by atoms with Crippen LogP contribution in [-0.2, 0) is 16.1 Å². The molecule has 24 heavy (non-hydrogen) atoms. The lowest BCUT2D eigenvalue weighted by Gasteiger charge is -2.17. The molecular formula is C19H23NO3S. The Labute approximate surface area is 146 Å². The van der Waals surface area contributed by atoms with Crippen molar-refractivity contribution in [1.82, 2.24) is 5.32 Å².